The zero-order valence-electron chi connectivity index (χ0n) is 17.4. The van der Waals surface area contributed by atoms with Gasteiger partial charge in [-0.3, -0.25) is 9.69 Å². The molecule has 5 nitrogen and oxygen atoms in total. The molecule has 1 unspecified atom stereocenters. The Kier molecular flexibility index (Phi) is 6.61. The highest BCUT2D eigenvalue weighted by Crippen LogP contribution is 2.24. The smallest absolute Gasteiger partial charge is 0.268 e. The van der Waals surface area contributed by atoms with Crippen LogP contribution in [0.4, 0.5) is 0 Å². The van der Waals surface area contributed by atoms with Crippen LogP contribution in [0.2, 0.25) is 0 Å². The first-order chi connectivity index (χ1) is 15.2. The van der Waals surface area contributed by atoms with Crippen molar-refractivity contribution in [2.24, 2.45) is 0 Å². The minimum absolute atomic E-state index is 0.00641. The van der Waals surface area contributed by atoms with Crippen molar-refractivity contribution in [1.82, 2.24) is 9.80 Å². The molecule has 0 bridgehead atoms. The number of carbonyl (C=O) groups is 1. The first kappa shape index (κ1) is 20.6. The van der Waals surface area contributed by atoms with E-state index in [0.29, 0.717) is 24.4 Å². The molecule has 3 aromatic carbocycles. The lowest BCUT2D eigenvalue weighted by Crippen LogP contribution is -2.50. The number of para-hydroxylation sites is 1. The van der Waals surface area contributed by atoms with Gasteiger partial charge in [0, 0.05) is 38.3 Å². The number of nitrogens with zero attached hydrogens (tertiary/aromatic N) is 3. The van der Waals surface area contributed by atoms with Crippen LogP contribution < -0.4 is 4.74 Å². The number of nitriles is 1. The van der Waals surface area contributed by atoms with Crippen molar-refractivity contribution in [3.05, 3.63) is 102 Å². The third-order valence-electron chi connectivity index (χ3n) is 5.50. The molecule has 1 aliphatic heterocycles. The van der Waals surface area contributed by atoms with E-state index in [1.807, 2.05) is 89.8 Å². The van der Waals surface area contributed by atoms with Crippen molar-refractivity contribution in [2.45, 2.75) is 12.6 Å². The molecular formula is C26H25N3O2. The van der Waals surface area contributed by atoms with Gasteiger partial charge in [0.25, 0.3) is 5.91 Å². The van der Waals surface area contributed by atoms with E-state index in [4.69, 9.17) is 10.00 Å². The van der Waals surface area contributed by atoms with E-state index in [1.165, 1.54) is 5.56 Å². The molecule has 0 radical (unpaired) electrons. The summed E-state index contributed by atoms with van der Waals surface area (Å²) >= 11 is 0. The second-order valence-electron chi connectivity index (χ2n) is 7.63. The Morgan fingerprint density at radius 1 is 0.871 bits per heavy atom. The summed E-state index contributed by atoms with van der Waals surface area (Å²) in [6.45, 7) is 3.75. The number of rotatable bonds is 6. The summed E-state index contributed by atoms with van der Waals surface area (Å²) in [5, 5.41) is 8.94. The second kappa shape index (κ2) is 9.92. The van der Waals surface area contributed by atoms with Crippen LogP contribution in [0.1, 0.15) is 22.8 Å². The molecule has 0 spiro atoms. The molecule has 0 N–H and O–H groups in total. The summed E-state index contributed by atoms with van der Waals surface area (Å²) in [6.07, 6.45) is -0.659. The molecule has 0 aliphatic carbocycles. The van der Waals surface area contributed by atoms with Gasteiger partial charge in [-0.1, -0.05) is 60.7 Å². The average molecular weight is 412 g/mol. The fourth-order valence-electron chi connectivity index (χ4n) is 3.76. The number of hydrogen-bond donors (Lipinski definition) is 0. The Morgan fingerprint density at radius 3 is 2.10 bits per heavy atom. The first-order valence-corrected chi connectivity index (χ1v) is 10.5. The molecule has 156 valence electrons. The van der Waals surface area contributed by atoms with Crippen LogP contribution in [0.5, 0.6) is 5.75 Å². The van der Waals surface area contributed by atoms with E-state index >= 15 is 0 Å². The average Bonchev–Trinajstić information content (AvgIpc) is 2.84. The normalized spacial score (nSPS) is 15.1. The Morgan fingerprint density at radius 2 is 1.48 bits per heavy atom. The zero-order chi connectivity index (χ0) is 21.5. The maximum atomic E-state index is 13.4. The molecule has 1 aliphatic rings. The van der Waals surface area contributed by atoms with Gasteiger partial charge in [-0.25, -0.2) is 0 Å². The molecule has 4 rings (SSSR count). The van der Waals surface area contributed by atoms with Crippen LogP contribution in [0, 0.1) is 11.3 Å². The molecule has 31 heavy (non-hydrogen) atoms. The molecule has 0 aromatic heterocycles. The van der Waals surface area contributed by atoms with Gasteiger partial charge in [-0.2, -0.15) is 5.26 Å². The highest BCUT2D eigenvalue weighted by molar-refractivity contribution is 5.83. The lowest BCUT2D eigenvalue weighted by atomic mass is 10.1. The molecule has 5 heteroatoms. The lowest BCUT2D eigenvalue weighted by Gasteiger charge is -2.36. The highest BCUT2D eigenvalue weighted by Gasteiger charge is 2.30. The van der Waals surface area contributed by atoms with Crippen LogP contribution >= 0.6 is 0 Å². The van der Waals surface area contributed by atoms with Crippen LogP contribution in [-0.4, -0.2) is 41.9 Å². The van der Waals surface area contributed by atoms with Crippen LogP contribution in [-0.2, 0) is 11.3 Å². The number of piperazine rings is 1. The van der Waals surface area contributed by atoms with Crippen molar-refractivity contribution in [2.75, 3.05) is 26.2 Å². The SMILES string of the molecule is N#Cc1ccc(CN2CCN(C(=O)C(Oc3ccccc3)c3ccccc3)CC2)cc1. The molecular weight excluding hydrogens is 386 g/mol. The maximum Gasteiger partial charge on any atom is 0.268 e. The Labute approximate surface area is 183 Å². The molecule has 1 heterocycles. The fourth-order valence-corrected chi connectivity index (χ4v) is 3.76. The van der Waals surface area contributed by atoms with E-state index in [2.05, 4.69) is 11.0 Å². The number of carbonyl (C=O) groups excluding carboxylic acids is 1. The minimum Gasteiger partial charge on any atom is -0.476 e. The number of amides is 1. The van der Waals surface area contributed by atoms with Crippen molar-refractivity contribution < 1.29 is 9.53 Å². The van der Waals surface area contributed by atoms with E-state index in [-0.39, 0.29) is 5.91 Å². The fraction of sp³-hybridized carbons (Fsp3) is 0.231. The van der Waals surface area contributed by atoms with Gasteiger partial charge in [-0.15, -0.1) is 0 Å². The van der Waals surface area contributed by atoms with Crippen LogP contribution in [0.25, 0.3) is 0 Å². The van der Waals surface area contributed by atoms with Crippen LogP contribution in [0.15, 0.2) is 84.9 Å². The predicted octanol–water partition coefficient (Wildman–Crippen LogP) is 4.02. The molecule has 1 amide bonds. The van der Waals surface area contributed by atoms with Gasteiger partial charge in [0.05, 0.1) is 11.6 Å². The van der Waals surface area contributed by atoms with Gasteiger partial charge >= 0.3 is 0 Å². The van der Waals surface area contributed by atoms with E-state index in [1.54, 1.807) is 0 Å². The molecule has 1 atom stereocenters. The third kappa shape index (κ3) is 5.30. The van der Waals surface area contributed by atoms with Gasteiger partial charge in [0.1, 0.15) is 5.75 Å². The maximum absolute atomic E-state index is 13.4. The lowest BCUT2D eigenvalue weighted by molar-refractivity contribution is -0.141. The topological polar surface area (TPSA) is 56.6 Å². The van der Waals surface area contributed by atoms with Crippen molar-refractivity contribution in [3.63, 3.8) is 0 Å². The quantitative estimate of drug-likeness (QED) is 0.615. The van der Waals surface area contributed by atoms with Crippen LogP contribution in [0.3, 0.4) is 0 Å². The number of hydrogen-bond acceptors (Lipinski definition) is 4. The second-order valence-corrected chi connectivity index (χ2v) is 7.63. The highest BCUT2D eigenvalue weighted by atomic mass is 16.5. The van der Waals surface area contributed by atoms with Gasteiger partial charge < -0.3 is 9.64 Å². The first-order valence-electron chi connectivity index (χ1n) is 10.5. The molecule has 1 saturated heterocycles. The molecule has 0 saturated carbocycles. The molecule has 1 fully saturated rings. The summed E-state index contributed by atoms with van der Waals surface area (Å²) < 4.78 is 6.13. The minimum atomic E-state index is -0.659. The monoisotopic (exact) mass is 411 g/mol. The van der Waals surface area contributed by atoms with E-state index in [0.717, 1.165) is 25.2 Å². The number of benzene rings is 3. The summed E-state index contributed by atoms with van der Waals surface area (Å²) in [4.78, 5) is 17.6. The zero-order valence-corrected chi connectivity index (χ0v) is 17.4. The summed E-state index contributed by atoms with van der Waals surface area (Å²) in [5.41, 5.74) is 2.70. The largest absolute Gasteiger partial charge is 0.476 e. The predicted molar refractivity (Wildman–Crippen MR) is 119 cm³/mol. The molecule has 3 aromatic rings. The summed E-state index contributed by atoms with van der Waals surface area (Å²) in [6, 6.07) is 29.0. The van der Waals surface area contributed by atoms with Crippen molar-refractivity contribution in [1.29, 1.82) is 5.26 Å². The van der Waals surface area contributed by atoms with Gasteiger partial charge in [0.15, 0.2) is 0 Å². The van der Waals surface area contributed by atoms with E-state index < -0.39 is 6.10 Å². The Hall–Kier alpha value is -3.62. The van der Waals surface area contributed by atoms with Crippen molar-refractivity contribution in [3.8, 4) is 11.8 Å². The third-order valence-corrected chi connectivity index (χ3v) is 5.50. The standard InChI is InChI=1S/C26H25N3O2/c27-19-21-11-13-22(14-12-21)20-28-15-17-29(18-16-28)26(30)25(23-7-3-1-4-8-23)31-24-9-5-2-6-10-24/h1-14,25H,15-18,20H2. The van der Waals surface area contributed by atoms with E-state index in [9.17, 15) is 4.79 Å². The Bertz CT molecular complexity index is 1020. The summed E-state index contributed by atoms with van der Waals surface area (Å²) in [5.74, 6) is 0.678. The van der Waals surface area contributed by atoms with Gasteiger partial charge in [0.2, 0.25) is 6.10 Å². The summed E-state index contributed by atoms with van der Waals surface area (Å²) in [7, 11) is 0. The Balaban J connectivity index is 1.40. The van der Waals surface area contributed by atoms with Crippen molar-refractivity contribution >= 4 is 5.91 Å². The number of ether oxygens (including phenoxy) is 1. The van der Waals surface area contributed by atoms with Gasteiger partial charge in [-0.05, 0) is 29.8 Å².